The Bertz CT molecular complexity index is 544. The second-order valence-corrected chi connectivity index (χ2v) is 4.47. The molecule has 0 aromatic heterocycles. The first kappa shape index (κ1) is 15.3. The summed E-state index contributed by atoms with van der Waals surface area (Å²) < 4.78 is 9.67. The molecule has 1 saturated heterocycles. The first-order valence-electron chi connectivity index (χ1n) is 5.93. The fourth-order valence-electron chi connectivity index (χ4n) is 1.89. The maximum atomic E-state index is 11.8. The standard InChI is InChI=1S/C12H14O9/c13-3-7-9(17)10(18)12(20-7)21-11(19)5-1-4(14)2-6(15)8(5)16/h1-2,7,9-10,12-18H,3H2/t7-,9-,10-,12+/m0/s1. The van der Waals surface area contributed by atoms with E-state index in [1.807, 2.05) is 0 Å². The lowest BCUT2D eigenvalue weighted by Gasteiger charge is -2.16. The number of hydrogen-bond donors (Lipinski definition) is 6. The summed E-state index contributed by atoms with van der Waals surface area (Å²) in [5.74, 6) is -3.24. The van der Waals surface area contributed by atoms with Crippen molar-refractivity contribution >= 4 is 5.97 Å². The summed E-state index contributed by atoms with van der Waals surface area (Å²) in [6.45, 7) is -0.593. The molecule has 0 bridgehead atoms. The minimum Gasteiger partial charge on any atom is -0.508 e. The monoisotopic (exact) mass is 302 g/mol. The molecule has 0 aliphatic carbocycles. The lowest BCUT2D eigenvalue weighted by Crippen LogP contribution is -2.35. The number of rotatable bonds is 3. The Balaban J connectivity index is 2.16. The van der Waals surface area contributed by atoms with Gasteiger partial charge >= 0.3 is 5.97 Å². The molecule has 1 aromatic carbocycles. The maximum absolute atomic E-state index is 11.8. The van der Waals surface area contributed by atoms with Crippen LogP contribution in [0.1, 0.15) is 10.4 Å². The van der Waals surface area contributed by atoms with E-state index in [0.717, 1.165) is 12.1 Å². The van der Waals surface area contributed by atoms with Gasteiger partial charge in [-0.3, -0.25) is 0 Å². The van der Waals surface area contributed by atoms with Crippen LogP contribution in [0.5, 0.6) is 17.2 Å². The van der Waals surface area contributed by atoms with Crippen LogP contribution in [0.4, 0.5) is 0 Å². The van der Waals surface area contributed by atoms with Crippen molar-refractivity contribution in [2.24, 2.45) is 0 Å². The van der Waals surface area contributed by atoms with Gasteiger partial charge < -0.3 is 40.1 Å². The third-order valence-corrected chi connectivity index (χ3v) is 3.02. The molecule has 1 aliphatic rings. The number of aliphatic hydroxyl groups excluding tert-OH is 3. The molecule has 116 valence electrons. The molecule has 4 atom stereocenters. The Labute approximate surface area is 118 Å². The Kier molecular flexibility index (Phi) is 4.19. The summed E-state index contributed by atoms with van der Waals surface area (Å²) in [5, 5.41) is 56.1. The van der Waals surface area contributed by atoms with Gasteiger partial charge in [0.15, 0.2) is 11.5 Å². The summed E-state index contributed by atoms with van der Waals surface area (Å²) >= 11 is 0. The quantitative estimate of drug-likeness (QED) is 0.220. The van der Waals surface area contributed by atoms with Gasteiger partial charge in [0.05, 0.1) is 6.61 Å². The molecule has 21 heavy (non-hydrogen) atoms. The first-order chi connectivity index (χ1) is 9.85. The van der Waals surface area contributed by atoms with E-state index in [2.05, 4.69) is 0 Å². The fraction of sp³-hybridized carbons (Fsp3) is 0.417. The molecule has 0 amide bonds. The predicted octanol–water partition coefficient (Wildman–Crippen LogP) is -1.60. The van der Waals surface area contributed by atoms with Crippen molar-refractivity contribution in [2.45, 2.75) is 24.6 Å². The highest BCUT2D eigenvalue weighted by molar-refractivity contribution is 5.94. The summed E-state index contributed by atoms with van der Waals surface area (Å²) in [6, 6.07) is 1.66. The minimum atomic E-state index is -1.58. The van der Waals surface area contributed by atoms with Gasteiger partial charge in [-0.15, -0.1) is 0 Å². The second kappa shape index (κ2) is 5.74. The average Bonchev–Trinajstić information content (AvgIpc) is 2.70. The lowest BCUT2D eigenvalue weighted by atomic mass is 10.1. The van der Waals surface area contributed by atoms with E-state index in [1.54, 1.807) is 0 Å². The molecule has 1 aromatic rings. The largest absolute Gasteiger partial charge is 0.508 e. The molecule has 1 aliphatic heterocycles. The average molecular weight is 302 g/mol. The first-order valence-corrected chi connectivity index (χ1v) is 5.93. The van der Waals surface area contributed by atoms with E-state index in [0.29, 0.717) is 0 Å². The highest BCUT2D eigenvalue weighted by Gasteiger charge is 2.45. The molecular formula is C12H14O9. The van der Waals surface area contributed by atoms with Gasteiger partial charge in [-0.05, 0) is 6.07 Å². The van der Waals surface area contributed by atoms with E-state index >= 15 is 0 Å². The zero-order valence-electron chi connectivity index (χ0n) is 10.6. The van der Waals surface area contributed by atoms with Gasteiger partial charge in [-0.2, -0.15) is 0 Å². The maximum Gasteiger partial charge on any atom is 0.344 e. The zero-order chi connectivity index (χ0) is 15.7. The fourth-order valence-corrected chi connectivity index (χ4v) is 1.89. The van der Waals surface area contributed by atoms with Crippen molar-refractivity contribution in [3.63, 3.8) is 0 Å². The van der Waals surface area contributed by atoms with Crippen molar-refractivity contribution in [2.75, 3.05) is 6.61 Å². The third-order valence-electron chi connectivity index (χ3n) is 3.02. The second-order valence-electron chi connectivity index (χ2n) is 4.47. The number of aromatic hydroxyl groups is 3. The lowest BCUT2D eigenvalue weighted by molar-refractivity contribution is -0.139. The molecule has 2 rings (SSSR count). The number of carbonyl (C=O) groups is 1. The van der Waals surface area contributed by atoms with Crippen molar-refractivity contribution in [3.8, 4) is 17.2 Å². The van der Waals surface area contributed by atoms with Crippen molar-refractivity contribution in [3.05, 3.63) is 17.7 Å². The Morgan fingerprint density at radius 2 is 1.86 bits per heavy atom. The van der Waals surface area contributed by atoms with Crippen LogP contribution in [0.2, 0.25) is 0 Å². The molecule has 9 heteroatoms. The van der Waals surface area contributed by atoms with E-state index in [4.69, 9.17) is 14.6 Å². The van der Waals surface area contributed by atoms with Crippen molar-refractivity contribution in [1.82, 2.24) is 0 Å². The molecule has 1 heterocycles. The van der Waals surface area contributed by atoms with Crippen LogP contribution in [0.25, 0.3) is 0 Å². The molecule has 0 saturated carbocycles. The van der Waals surface area contributed by atoms with Gasteiger partial charge in [-0.25, -0.2) is 4.79 Å². The summed E-state index contributed by atoms with van der Waals surface area (Å²) in [4.78, 5) is 11.8. The molecule has 0 radical (unpaired) electrons. The van der Waals surface area contributed by atoms with E-state index < -0.39 is 60.0 Å². The zero-order valence-corrected chi connectivity index (χ0v) is 10.6. The SMILES string of the molecule is O=C(O[C@H]1O[C@@H](CO)[C@H](O)[C@@H]1O)c1cc(O)cc(O)c1O. The van der Waals surface area contributed by atoms with Crippen LogP contribution in [0.15, 0.2) is 12.1 Å². The van der Waals surface area contributed by atoms with Gasteiger partial charge in [0.1, 0.15) is 29.6 Å². The van der Waals surface area contributed by atoms with Gasteiger partial charge in [-0.1, -0.05) is 0 Å². The molecular weight excluding hydrogens is 288 g/mol. The smallest absolute Gasteiger partial charge is 0.344 e. The third kappa shape index (κ3) is 2.85. The normalized spacial score (nSPS) is 28.5. The highest BCUT2D eigenvalue weighted by atomic mass is 16.7. The molecule has 0 spiro atoms. The predicted molar refractivity (Wildman–Crippen MR) is 64.6 cm³/mol. The summed E-state index contributed by atoms with van der Waals surface area (Å²) in [6.07, 6.45) is -5.71. The molecule has 6 N–H and O–H groups in total. The van der Waals surface area contributed by atoms with Crippen LogP contribution >= 0.6 is 0 Å². The number of phenols is 3. The van der Waals surface area contributed by atoms with Crippen LogP contribution in [-0.4, -0.2) is 67.8 Å². The molecule has 1 fully saturated rings. The van der Waals surface area contributed by atoms with Crippen molar-refractivity contribution < 1.29 is 44.9 Å². The number of carbonyl (C=O) groups excluding carboxylic acids is 1. The Hall–Kier alpha value is -2.07. The van der Waals surface area contributed by atoms with Gasteiger partial charge in [0.2, 0.25) is 6.29 Å². The molecule has 9 nitrogen and oxygen atoms in total. The van der Waals surface area contributed by atoms with Gasteiger partial charge in [0.25, 0.3) is 0 Å². The number of hydrogen-bond acceptors (Lipinski definition) is 9. The van der Waals surface area contributed by atoms with E-state index in [9.17, 15) is 30.3 Å². The van der Waals surface area contributed by atoms with Crippen LogP contribution in [0.3, 0.4) is 0 Å². The summed E-state index contributed by atoms with van der Waals surface area (Å²) in [7, 11) is 0. The van der Waals surface area contributed by atoms with Gasteiger partial charge in [0, 0.05) is 6.07 Å². The number of aliphatic hydroxyl groups is 3. The number of ether oxygens (including phenoxy) is 2. The Morgan fingerprint density at radius 1 is 1.19 bits per heavy atom. The number of phenolic OH excluding ortho intramolecular Hbond substituents is 3. The topological polar surface area (TPSA) is 157 Å². The van der Waals surface area contributed by atoms with Crippen LogP contribution in [-0.2, 0) is 9.47 Å². The minimum absolute atomic E-state index is 0.488. The van der Waals surface area contributed by atoms with E-state index in [1.165, 1.54) is 0 Å². The number of benzene rings is 1. The van der Waals surface area contributed by atoms with Crippen molar-refractivity contribution in [1.29, 1.82) is 0 Å². The summed E-state index contributed by atoms with van der Waals surface area (Å²) in [5.41, 5.74) is -0.551. The molecule has 0 unspecified atom stereocenters. The van der Waals surface area contributed by atoms with Crippen LogP contribution in [0, 0.1) is 0 Å². The Morgan fingerprint density at radius 3 is 2.43 bits per heavy atom. The number of esters is 1. The van der Waals surface area contributed by atoms with E-state index in [-0.39, 0.29) is 0 Å². The van der Waals surface area contributed by atoms with Crippen LogP contribution < -0.4 is 0 Å². The highest BCUT2D eigenvalue weighted by Crippen LogP contribution is 2.34.